The van der Waals surface area contributed by atoms with Crippen LogP contribution < -0.4 is 10.9 Å². The summed E-state index contributed by atoms with van der Waals surface area (Å²) in [6.07, 6.45) is -2.25. The van der Waals surface area contributed by atoms with Crippen LogP contribution >= 0.6 is 11.6 Å². The lowest BCUT2D eigenvalue weighted by molar-refractivity contribution is -0.141. The quantitative estimate of drug-likeness (QED) is 0.454. The average molecular weight is 387 g/mol. The topological polar surface area (TPSA) is 76.0 Å². The maximum absolute atomic E-state index is 12.4. The number of hydrogen-bond donors (Lipinski definition) is 2. The van der Waals surface area contributed by atoms with Gasteiger partial charge in [-0.15, -0.1) is 0 Å². The largest absolute Gasteiger partial charge is 0.435 e. The van der Waals surface area contributed by atoms with Gasteiger partial charge in [-0.1, -0.05) is 11.6 Å². The Kier molecular flexibility index (Phi) is 6.04. The van der Waals surface area contributed by atoms with E-state index in [1.165, 1.54) is 6.08 Å². The van der Waals surface area contributed by atoms with E-state index in [-0.39, 0.29) is 5.78 Å². The number of nitrogens with one attached hydrogen (secondary N) is 2. The number of carbonyl (C=O) groups is 2. The fraction of sp³-hybridized carbons (Fsp3) is 0.188. The van der Waals surface area contributed by atoms with E-state index in [2.05, 4.69) is 16.0 Å². The number of rotatable bonds is 6. The van der Waals surface area contributed by atoms with E-state index in [1.807, 2.05) is 0 Å². The summed E-state index contributed by atoms with van der Waals surface area (Å²) in [5, 5.41) is 3.77. The first-order valence-electron chi connectivity index (χ1n) is 7.29. The van der Waals surface area contributed by atoms with Crippen molar-refractivity contribution in [2.45, 2.75) is 19.6 Å². The number of alkyl halides is 3. The second-order valence-electron chi connectivity index (χ2n) is 5.27. The minimum absolute atomic E-state index is 0.303. The molecule has 1 aromatic heterocycles. The van der Waals surface area contributed by atoms with Crippen LogP contribution in [0.5, 0.6) is 0 Å². The van der Waals surface area contributed by atoms with Crippen molar-refractivity contribution in [3.8, 4) is 0 Å². The molecular weight excluding hydrogens is 373 g/mol. The smallest absolute Gasteiger partial charge is 0.303 e. The number of amides is 1. The van der Waals surface area contributed by atoms with Crippen LogP contribution in [0.4, 0.5) is 13.2 Å². The van der Waals surface area contributed by atoms with Crippen molar-refractivity contribution < 1.29 is 22.8 Å². The van der Waals surface area contributed by atoms with E-state index in [4.69, 9.17) is 11.6 Å². The molecule has 26 heavy (non-hydrogen) atoms. The molecular formula is C16H14ClF3N4O2. The molecule has 2 aromatic rings. The Balaban J connectivity index is 1.87. The summed E-state index contributed by atoms with van der Waals surface area (Å²) in [7, 11) is 0. The number of nitrogens with zero attached hydrogens (tertiary/aromatic N) is 2. The van der Waals surface area contributed by atoms with Crippen LogP contribution in [0.25, 0.3) is 0 Å². The molecule has 0 saturated heterocycles. The van der Waals surface area contributed by atoms with Gasteiger partial charge < -0.3 is 5.43 Å². The zero-order chi connectivity index (χ0) is 19.3. The number of carbonyl (C=O) groups excluding carboxylic acids is 2. The van der Waals surface area contributed by atoms with Crippen molar-refractivity contribution in [2.24, 2.45) is 0 Å². The van der Waals surface area contributed by atoms with E-state index in [0.29, 0.717) is 16.3 Å². The van der Waals surface area contributed by atoms with Crippen molar-refractivity contribution in [2.75, 3.05) is 0 Å². The van der Waals surface area contributed by atoms with Crippen molar-refractivity contribution in [1.82, 2.24) is 20.6 Å². The molecule has 6 nitrogen and oxygen atoms in total. The summed E-state index contributed by atoms with van der Waals surface area (Å²) in [6, 6.07) is 7.04. The van der Waals surface area contributed by atoms with Crippen molar-refractivity contribution in [3.63, 3.8) is 0 Å². The molecule has 0 aliphatic carbocycles. The minimum atomic E-state index is -4.57. The Labute approximate surface area is 151 Å². The maximum Gasteiger partial charge on any atom is 0.435 e. The third-order valence-corrected chi connectivity index (χ3v) is 3.36. The number of ketones is 1. The lowest BCUT2D eigenvalue weighted by Gasteiger charge is -2.09. The predicted molar refractivity (Wildman–Crippen MR) is 88.0 cm³/mol. The maximum atomic E-state index is 12.4. The SMILES string of the molecule is C/C(=C\C(=O)c1ccc(Cl)cc1)NNC(=O)Cn1ccc(C(F)(F)F)n1. The lowest BCUT2D eigenvalue weighted by atomic mass is 10.1. The van der Waals surface area contributed by atoms with Gasteiger partial charge in [0.15, 0.2) is 11.5 Å². The Morgan fingerprint density at radius 2 is 1.85 bits per heavy atom. The summed E-state index contributed by atoms with van der Waals surface area (Å²) in [5.41, 5.74) is 4.45. The molecule has 0 spiro atoms. The molecule has 0 bridgehead atoms. The van der Waals surface area contributed by atoms with Gasteiger partial charge in [-0.2, -0.15) is 18.3 Å². The molecule has 1 heterocycles. The Hall–Kier alpha value is -2.81. The van der Waals surface area contributed by atoms with Gasteiger partial charge in [0, 0.05) is 28.6 Å². The highest BCUT2D eigenvalue weighted by Gasteiger charge is 2.33. The molecule has 10 heteroatoms. The van der Waals surface area contributed by atoms with E-state index >= 15 is 0 Å². The number of hydrogen-bond acceptors (Lipinski definition) is 4. The molecule has 0 aliphatic heterocycles. The number of aromatic nitrogens is 2. The van der Waals surface area contributed by atoms with E-state index in [1.54, 1.807) is 31.2 Å². The van der Waals surface area contributed by atoms with Crippen molar-refractivity contribution in [1.29, 1.82) is 0 Å². The second-order valence-corrected chi connectivity index (χ2v) is 5.70. The number of benzene rings is 1. The van der Waals surface area contributed by atoms with Crippen LogP contribution in [0.15, 0.2) is 48.3 Å². The molecule has 1 aromatic carbocycles. The first-order valence-corrected chi connectivity index (χ1v) is 7.66. The molecule has 0 aliphatic rings. The first kappa shape index (κ1) is 19.5. The fourth-order valence-corrected chi connectivity index (χ4v) is 2.01. The highest BCUT2D eigenvalue weighted by molar-refractivity contribution is 6.30. The third-order valence-electron chi connectivity index (χ3n) is 3.11. The highest BCUT2D eigenvalue weighted by Crippen LogP contribution is 2.27. The van der Waals surface area contributed by atoms with Crippen LogP contribution in [-0.2, 0) is 17.5 Å². The predicted octanol–water partition coefficient (Wildman–Crippen LogP) is 2.96. The average Bonchev–Trinajstić information content (AvgIpc) is 3.02. The van der Waals surface area contributed by atoms with Gasteiger partial charge >= 0.3 is 6.18 Å². The standard InChI is InChI=1S/C16H14ClF3N4O2/c1-10(8-13(25)11-2-4-12(17)5-3-11)21-22-15(26)9-24-7-6-14(23-24)16(18,19)20/h2-8,21H,9H2,1H3,(H,22,26)/b10-8+. The van der Waals surface area contributed by atoms with Crippen molar-refractivity contribution in [3.05, 3.63) is 64.6 Å². The van der Waals surface area contributed by atoms with Gasteiger partial charge in [-0.25, -0.2) is 0 Å². The van der Waals surface area contributed by atoms with Gasteiger partial charge in [0.25, 0.3) is 5.91 Å². The zero-order valence-corrected chi connectivity index (χ0v) is 14.2. The van der Waals surface area contributed by atoms with Gasteiger partial charge in [0.1, 0.15) is 6.54 Å². The minimum Gasteiger partial charge on any atom is -0.303 e. The molecule has 0 radical (unpaired) electrons. The van der Waals surface area contributed by atoms with Crippen LogP contribution in [0.3, 0.4) is 0 Å². The summed E-state index contributed by atoms with van der Waals surface area (Å²) < 4.78 is 38.2. The molecule has 2 N–H and O–H groups in total. The van der Waals surface area contributed by atoms with Crippen LogP contribution in [0.2, 0.25) is 5.02 Å². The van der Waals surface area contributed by atoms with Crippen molar-refractivity contribution >= 4 is 23.3 Å². The molecule has 1 amide bonds. The lowest BCUT2D eigenvalue weighted by Crippen LogP contribution is -2.38. The number of halogens is 4. The Bertz CT molecular complexity index is 829. The Morgan fingerprint density at radius 1 is 1.19 bits per heavy atom. The third kappa shape index (κ3) is 5.62. The molecule has 0 unspecified atom stereocenters. The molecule has 0 saturated carbocycles. The van der Waals surface area contributed by atoms with Gasteiger partial charge in [0.2, 0.25) is 0 Å². The van der Waals surface area contributed by atoms with E-state index in [0.717, 1.165) is 16.9 Å². The first-order chi connectivity index (χ1) is 12.1. The number of hydrazine groups is 1. The Morgan fingerprint density at radius 3 is 2.42 bits per heavy atom. The summed E-state index contributed by atoms with van der Waals surface area (Å²) in [5.74, 6) is -0.934. The van der Waals surface area contributed by atoms with Crippen LogP contribution in [0, 0.1) is 0 Å². The summed E-state index contributed by atoms with van der Waals surface area (Å²) in [6.45, 7) is 1.13. The normalized spacial score (nSPS) is 12.0. The van der Waals surface area contributed by atoms with E-state index < -0.39 is 24.3 Å². The van der Waals surface area contributed by atoms with Gasteiger partial charge in [-0.3, -0.25) is 19.7 Å². The molecule has 138 valence electrons. The summed E-state index contributed by atoms with van der Waals surface area (Å²) in [4.78, 5) is 23.7. The van der Waals surface area contributed by atoms with Crippen LogP contribution in [0.1, 0.15) is 23.0 Å². The highest BCUT2D eigenvalue weighted by atomic mass is 35.5. The fourth-order valence-electron chi connectivity index (χ4n) is 1.89. The number of allylic oxidation sites excluding steroid dienone is 2. The zero-order valence-electron chi connectivity index (χ0n) is 13.5. The molecule has 2 rings (SSSR count). The summed E-state index contributed by atoms with van der Waals surface area (Å²) >= 11 is 5.74. The van der Waals surface area contributed by atoms with Gasteiger partial charge in [-0.05, 0) is 37.3 Å². The second kappa shape index (κ2) is 8.05. The monoisotopic (exact) mass is 386 g/mol. The van der Waals surface area contributed by atoms with Gasteiger partial charge in [0.05, 0.1) is 0 Å². The van der Waals surface area contributed by atoms with Crippen LogP contribution in [-0.4, -0.2) is 21.5 Å². The molecule has 0 atom stereocenters. The van der Waals surface area contributed by atoms with E-state index in [9.17, 15) is 22.8 Å². The molecule has 0 fully saturated rings.